The van der Waals surface area contributed by atoms with Gasteiger partial charge in [0, 0.05) is 0 Å². The summed E-state index contributed by atoms with van der Waals surface area (Å²) in [5.41, 5.74) is 5.25. The fourth-order valence-electron chi connectivity index (χ4n) is 1.42. The molecule has 0 radical (unpaired) electrons. The molecule has 0 unspecified atom stereocenters. The first-order valence-corrected chi connectivity index (χ1v) is 6.62. The predicted octanol–water partition coefficient (Wildman–Crippen LogP) is 2.08. The number of hydrogen-bond donors (Lipinski definition) is 2. The molecule has 0 aliphatic rings. The van der Waals surface area contributed by atoms with E-state index in [4.69, 9.17) is 5.73 Å². The van der Waals surface area contributed by atoms with E-state index in [1.807, 2.05) is 22.6 Å². The third kappa shape index (κ3) is 4.45. The number of benzene rings is 1. The Balaban J connectivity index is 2.76. The van der Waals surface area contributed by atoms with E-state index in [9.17, 15) is 18.0 Å². The first-order chi connectivity index (χ1) is 8.34. The molecular formula is C11H12F3IN2O. The number of halogens is 4. The topological polar surface area (TPSA) is 55.1 Å². The summed E-state index contributed by atoms with van der Waals surface area (Å²) >= 11 is 1.95. The second kappa shape index (κ2) is 6.37. The van der Waals surface area contributed by atoms with Crippen molar-refractivity contribution in [3.63, 3.8) is 0 Å². The van der Waals surface area contributed by atoms with Crippen molar-refractivity contribution in [2.45, 2.75) is 18.6 Å². The van der Waals surface area contributed by atoms with Gasteiger partial charge < -0.3 is 11.1 Å². The maximum atomic E-state index is 12.5. The summed E-state index contributed by atoms with van der Waals surface area (Å²) in [5, 5.41) is 2.51. The van der Waals surface area contributed by atoms with Crippen LogP contribution in [0.4, 0.5) is 13.2 Å². The molecule has 18 heavy (non-hydrogen) atoms. The van der Waals surface area contributed by atoms with Crippen molar-refractivity contribution in [1.29, 1.82) is 0 Å². The number of carbonyl (C=O) groups is 1. The van der Waals surface area contributed by atoms with Crippen LogP contribution in [0.25, 0.3) is 0 Å². The van der Waals surface area contributed by atoms with Gasteiger partial charge in [-0.05, 0) is 18.1 Å². The van der Waals surface area contributed by atoms with Crippen LogP contribution >= 0.6 is 22.6 Å². The summed E-state index contributed by atoms with van der Waals surface area (Å²) in [6, 6.07) is 3.98. The molecule has 0 heterocycles. The van der Waals surface area contributed by atoms with E-state index >= 15 is 0 Å². The fraction of sp³-hybridized carbons (Fsp3) is 0.364. The Bertz CT molecular complexity index is 423. The van der Waals surface area contributed by atoms with Crippen LogP contribution in [0.15, 0.2) is 24.3 Å². The molecule has 1 rings (SSSR count). The number of amides is 1. The Labute approximate surface area is 116 Å². The van der Waals surface area contributed by atoms with Crippen LogP contribution in [-0.4, -0.2) is 16.5 Å². The van der Waals surface area contributed by atoms with Crippen molar-refractivity contribution < 1.29 is 18.0 Å². The minimum absolute atomic E-state index is 0.0758. The fourth-order valence-corrected chi connectivity index (χ4v) is 1.79. The quantitative estimate of drug-likeness (QED) is 0.483. The first-order valence-electron chi connectivity index (χ1n) is 5.10. The monoisotopic (exact) mass is 372 g/mol. The van der Waals surface area contributed by atoms with Crippen LogP contribution in [0.2, 0.25) is 0 Å². The van der Waals surface area contributed by atoms with Gasteiger partial charge in [-0.3, -0.25) is 4.79 Å². The number of nitrogens with one attached hydrogen (secondary N) is 1. The highest BCUT2D eigenvalue weighted by molar-refractivity contribution is 14.1. The number of rotatable bonds is 4. The Morgan fingerprint density at radius 2 is 2.11 bits per heavy atom. The van der Waals surface area contributed by atoms with Crippen LogP contribution < -0.4 is 11.1 Å². The molecule has 1 amide bonds. The highest BCUT2D eigenvalue weighted by atomic mass is 127. The molecule has 3 N–H and O–H groups in total. The smallest absolute Gasteiger partial charge is 0.346 e. The van der Waals surface area contributed by atoms with Crippen LogP contribution in [0.5, 0.6) is 0 Å². The van der Waals surface area contributed by atoms with Gasteiger partial charge in [-0.25, -0.2) is 0 Å². The lowest BCUT2D eigenvalue weighted by Gasteiger charge is -2.12. The number of hydrogen-bond acceptors (Lipinski definition) is 2. The van der Waals surface area contributed by atoms with Gasteiger partial charge in [-0.15, -0.1) is 0 Å². The van der Waals surface area contributed by atoms with Crippen molar-refractivity contribution in [3.8, 4) is 0 Å². The molecule has 100 valence electrons. The number of nitrogens with two attached hydrogens (primary N) is 1. The molecule has 1 atom stereocenters. The molecule has 1 aromatic rings. The maximum Gasteiger partial charge on any atom is 0.416 e. The van der Waals surface area contributed by atoms with Gasteiger partial charge in [-0.1, -0.05) is 40.8 Å². The van der Waals surface area contributed by atoms with E-state index in [1.54, 1.807) is 0 Å². The molecule has 3 nitrogen and oxygen atoms in total. The van der Waals surface area contributed by atoms with Gasteiger partial charge in [0.15, 0.2) is 0 Å². The number of carbonyl (C=O) groups excluding carboxylic acids is 1. The van der Waals surface area contributed by atoms with E-state index in [0.29, 0.717) is 10.1 Å². The third-order valence-electron chi connectivity index (χ3n) is 2.29. The third-order valence-corrected chi connectivity index (χ3v) is 2.67. The lowest BCUT2D eigenvalue weighted by molar-refractivity contribution is -0.137. The molecule has 0 saturated heterocycles. The molecule has 0 fully saturated rings. The zero-order valence-electron chi connectivity index (χ0n) is 9.30. The van der Waals surface area contributed by atoms with E-state index in [0.717, 1.165) is 12.1 Å². The van der Waals surface area contributed by atoms with Gasteiger partial charge in [0.1, 0.15) is 0 Å². The molecule has 0 aliphatic carbocycles. The van der Waals surface area contributed by atoms with Crippen LogP contribution in [0, 0.1) is 0 Å². The average Bonchev–Trinajstić information content (AvgIpc) is 2.28. The zero-order valence-corrected chi connectivity index (χ0v) is 11.5. The summed E-state index contributed by atoms with van der Waals surface area (Å²) in [5.74, 6) is -0.373. The molecule has 0 spiro atoms. The summed E-state index contributed by atoms with van der Waals surface area (Å²) in [7, 11) is 0. The van der Waals surface area contributed by atoms with E-state index in [2.05, 4.69) is 5.32 Å². The Kier molecular flexibility index (Phi) is 5.39. The predicted molar refractivity (Wildman–Crippen MR) is 70.2 cm³/mol. The van der Waals surface area contributed by atoms with Crippen LogP contribution in [0.1, 0.15) is 11.1 Å². The standard InChI is InChI=1S/C11H12F3IN2O/c12-11(13,14)8-3-1-2-7(4-8)5-9(16)10(18)17-6-15/h1-4,9H,5-6,16H2,(H,17,18)/t9-/m1/s1. The lowest BCUT2D eigenvalue weighted by Crippen LogP contribution is -2.41. The van der Waals surface area contributed by atoms with Gasteiger partial charge in [0.25, 0.3) is 0 Å². The van der Waals surface area contributed by atoms with Gasteiger partial charge in [0.2, 0.25) is 5.91 Å². The van der Waals surface area contributed by atoms with Gasteiger partial charge in [0.05, 0.1) is 16.2 Å². The summed E-state index contributed by atoms with van der Waals surface area (Å²) in [6.07, 6.45) is -4.31. The summed E-state index contributed by atoms with van der Waals surface area (Å²) < 4.78 is 37.8. The van der Waals surface area contributed by atoms with Crippen molar-refractivity contribution in [2.75, 3.05) is 4.55 Å². The van der Waals surface area contributed by atoms with Crippen LogP contribution in [0.3, 0.4) is 0 Å². The normalized spacial score (nSPS) is 13.2. The van der Waals surface area contributed by atoms with Crippen LogP contribution in [-0.2, 0) is 17.4 Å². The maximum absolute atomic E-state index is 12.5. The molecule has 0 saturated carbocycles. The van der Waals surface area contributed by atoms with Crippen molar-refractivity contribution >= 4 is 28.5 Å². The van der Waals surface area contributed by atoms with Gasteiger partial charge >= 0.3 is 6.18 Å². The largest absolute Gasteiger partial charge is 0.416 e. The summed E-state index contributed by atoms with van der Waals surface area (Å²) in [6.45, 7) is 0. The summed E-state index contributed by atoms with van der Waals surface area (Å²) in [4.78, 5) is 11.4. The lowest BCUT2D eigenvalue weighted by atomic mass is 10.0. The Morgan fingerprint density at radius 1 is 1.44 bits per heavy atom. The second-order valence-corrected chi connectivity index (χ2v) is 4.45. The second-order valence-electron chi connectivity index (χ2n) is 3.68. The SMILES string of the molecule is N[C@H](Cc1cccc(C(F)(F)F)c1)C(=O)NCI. The average molecular weight is 372 g/mol. The Hall–Kier alpha value is -0.830. The first kappa shape index (κ1) is 15.2. The van der Waals surface area contributed by atoms with Gasteiger partial charge in [-0.2, -0.15) is 13.2 Å². The molecule has 7 heteroatoms. The van der Waals surface area contributed by atoms with E-state index < -0.39 is 17.8 Å². The van der Waals surface area contributed by atoms with Crippen molar-refractivity contribution in [2.24, 2.45) is 5.73 Å². The highest BCUT2D eigenvalue weighted by Gasteiger charge is 2.30. The highest BCUT2D eigenvalue weighted by Crippen LogP contribution is 2.29. The van der Waals surface area contributed by atoms with E-state index in [1.165, 1.54) is 12.1 Å². The van der Waals surface area contributed by atoms with E-state index in [-0.39, 0.29) is 12.3 Å². The molecule has 0 aromatic heterocycles. The molecule has 1 aromatic carbocycles. The zero-order chi connectivity index (χ0) is 13.8. The Morgan fingerprint density at radius 3 is 2.67 bits per heavy atom. The van der Waals surface area contributed by atoms with Crippen molar-refractivity contribution in [3.05, 3.63) is 35.4 Å². The minimum Gasteiger partial charge on any atom is -0.346 e. The molecule has 0 aliphatic heterocycles. The number of alkyl halides is 4. The molecule has 0 bridgehead atoms. The minimum atomic E-state index is -4.38. The molecular weight excluding hydrogens is 360 g/mol. The van der Waals surface area contributed by atoms with Crippen molar-refractivity contribution in [1.82, 2.24) is 5.32 Å².